The normalized spacial score (nSPS) is 13.1. The molecule has 1 unspecified atom stereocenters. The number of para-hydroxylation sites is 2. The first-order valence-electron chi connectivity index (χ1n) is 9.81. The Morgan fingerprint density at radius 1 is 1.16 bits per heavy atom. The largest absolute Gasteiger partial charge is 0.486 e. The number of carbonyl (C=O) groups is 2. The van der Waals surface area contributed by atoms with E-state index in [0.717, 1.165) is 0 Å². The van der Waals surface area contributed by atoms with Crippen molar-refractivity contribution in [2.24, 2.45) is 0 Å². The maximum atomic E-state index is 12.3. The molecule has 3 rings (SSSR count). The highest BCUT2D eigenvalue weighted by Crippen LogP contribution is 2.32. The lowest BCUT2D eigenvalue weighted by atomic mass is 10.2. The van der Waals surface area contributed by atoms with Gasteiger partial charge in [-0.2, -0.15) is 0 Å². The van der Waals surface area contributed by atoms with Crippen LogP contribution in [0, 0.1) is 10.1 Å². The van der Waals surface area contributed by atoms with Gasteiger partial charge in [0.15, 0.2) is 17.6 Å². The van der Waals surface area contributed by atoms with Crippen molar-refractivity contribution < 1.29 is 28.7 Å². The highest BCUT2D eigenvalue weighted by molar-refractivity contribution is 5.95. The molecule has 0 aromatic heterocycles. The SMILES string of the molecule is CC(OC(=O)CCCNc1ccccc1[N+](=O)[O-])C(=O)Nc1ccc2c(c1)OCCO2. The Morgan fingerprint density at radius 2 is 1.90 bits per heavy atom. The van der Waals surface area contributed by atoms with Crippen LogP contribution in [-0.4, -0.2) is 42.7 Å². The van der Waals surface area contributed by atoms with Gasteiger partial charge in [0.05, 0.1) is 4.92 Å². The van der Waals surface area contributed by atoms with E-state index in [4.69, 9.17) is 14.2 Å². The van der Waals surface area contributed by atoms with E-state index in [1.807, 2.05) is 0 Å². The number of fused-ring (bicyclic) bond motifs is 1. The summed E-state index contributed by atoms with van der Waals surface area (Å²) in [6.07, 6.45) is -0.528. The third-order valence-electron chi connectivity index (χ3n) is 4.46. The number of amides is 1. The Balaban J connectivity index is 1.41. The lowest BCUT2D eigenvalue weighted by molar-refractivity contribution is -0.384. The fraction of sp³-hybridized carbons (Fsp3) is 0.333. The molecule has 31 heavy (non-hydrogen) atoms. The summed E-state index contributed by atoms with van der Waals surface area (Å²) in [5, 5.41) is 16.6. The van der Waals surface area contributed by atoms with Crippen LogP contribution in [0.1, 0.15) is 19.8 Å². The van der Waals surface area contributed by atoms with E-state index in [0.29, 0.717) is 49.1 Å². The molecule has 1 amide bonds. The molecule has 0 radical (unpaired) electrons. The van der Waals surface area contributed by atoms with Crippen LogP contribution < -0.4 is 20.1 Å². The molecule has 2 aromatic carbocycles. The summed E-state index contributed by atoms with van der Waals surface area (Å²) in [5.41, 5.74) is 0.855. The molecular formula is C21H23N3O7. The lowest BCUT2D eigenvalue weighted by Crippen LogP contribution is -2.30. The molecular weight excluding hydrogens is 406 g/mol. The molecule has 2 aromatic rings. The third kappa shape index (κ3) is 6.08. The summed E-state index contributed by atoms with van der Waals surface area (Å²) < 4.78 is 16.1. The van der Waals surface area contributed by atoms with Gasteiger partial charge in [-0.15, -0.1) is 0 Å². The first kappa shape index (κ1) is 21.9. The number of benzene rings is 2. The van der Waals surface area contributed by atoms with Crippen molar-refractivity contribution >= 4 is 28.9 Å². The van der Waals surface area contributed by atoms with Gasteiger partial charge in [0.1, 0.15) is 18.9 Å². The van der Waals surface area contributed by atoms with E-state index in [1.165, 1.54) is 13.0 Å². The summed E-state index contributed by atoms with van der Waals surface area (Å²) in [6, 6.07) is 11.3. The molecule has 0 bridgehead atoms. The van der Waals surface area contributed by atoms with Crippen molar-refractivity contribution in [1.29, 1.82) is 0 Å². The molecule has 0 spiro atoms. The van der Waals surface area contributed by atoms with Crippen molar-refractivity contribution in [3.63, 3.8) is 0 Å². The average molecular weight is 429 g/mol. The van der Waals surface area contributed by atoms with Crippen molar-refractivity contribution in [2.75, 3.05) is 30.4 Å². The average Bonchev–Trinajstić information content (AvgIpc) is 2.76. The van der Waals surface area contributed by atoms with Crippen LogP contribution in [-0.2, 0) is 14.3 Å². The van der Waals surface area contributed by atoms with E-state index < -0.39 is 22.9 Å². The zero-order chi connectivity index (χ0) is 22.2. The molecule has 0 aliphatic carbocycles. The fourth-order valence-corrected chi connectivity index (χ4v) is 2.91. The quantitative estimate of drug-likeness (QED) is 0.269. The minimum absolute atomic E-state index is 0.0329. The third-order valence-corrected chi connectivity index (χ3v) is 4.46. The summed E-state index contributed by atoms with van der Waals surface area (Å²) >= 11 is 0. The van der Waals surface area contributed by atoms with Gasteiger partial charge >= 0.3 is 5.97 Å². The standard InChI is InChI=1S/C21H23N3O7/c1-14(21(26)23-15-8-9-18-19(13-15)30-12-11-29-18)31-20(25)7-4-10-22-16-5-2-3-6-17(16)24(27)28/h2-3,5-6,8-9,13-14,22H,4,7,10-12H2,1H3,(H,23,26). The first-order chi connectivity index (χ1) is 14.9. The van der Waals surface area contributed by atoms with E-state index >= 15 is 0 Å². The Hall–Kier alpha value is -3.82. The molecule has 164 valence electrons. The molecule has 10 heteroatoms. The zero-order valence-corrected chi connectivity index (χ0v) is 17.0. The summed E-state index contributed by atoms with van der Waals surface area (Å²) in [4.78, 5) is 34.8. The second-order valence-corrected chi connectivity index (χ2v) is 6.78. The first-order valence-corrected chi connectivity index (χ1v) is 9.81. The Morgan fingerprint density at radius 3 is 2.68 bits per heavy atom. The van der Waals surface area contributed by atoms with Crippen LogP contribution in [0.25, 0.3) is 0 Å². The van der Waals surface area contributed by atoms with Gasteiger partial charge in [0, 0.05) is 30.8 Å². The van der Waals surface area contributed by atoms with Gasteiger partial charge in [-0.05, 0) is 31.5 Å². The van der Waals surface area contributed by atoms with Crippen molar-refractivity contribution in [2.45, 2.75) is 25.9 Å². The molecule has 1 aliphatic heterocycles. The van der Waals surface area contributed by atoms with Crippen molar-refractivity contribution in [3.05, 3.63) is 52.6 Å². The number of nitrogens with zero attached hydrogens (tertiary/aromatic N) is 1. The second kappa shape index (κ2) is 10.3. The predicted octanol–water partition coefficient (Wildman–Crippen LogP) is 3.13. The maximum absolute atomic E-state index is 12.3. The van der Waals surface area contributed by atoms with Gasteiger partial charge in [0.2, 0.25) is 0 Å². The monoisotopic (exact) mass is 429 g/mol. The molecule has 1 aliphatic rings. The van der Waals surface area contributed by atoms with Crippen LogP contribution >= 0.6 is 0 Å². The number of nitro groups is 1. The van der Waals surface area contributed by atoms with Gasteiger partial charge in [-0.3, -0.25) is 19.7 Å². The maximum Gasteiger partial charge on any atom is 0.306 e. The number of hydrogen-bond donors (Lipinski definition) is 2. The lowest BCUT2D eigenvalue weighted by Gasteiger charge is -2.19. The van der Waals surface area contributed by atoms with E-state index in [1.54, 1.807) is 36.4 Å². The number of esters is 1. The van der Waals surface area contributed by atoms with E-state index in [2.05, 4.69) is 10.6 Å². The molecule has 1 heterocycles. The number of hydrogen-bond acceptors (Lipinski definition) is 8. The van der Waals surface area contributed by atoms with Gasteiger partial charge in [0.25, 0.3) is 11.6 Å². The molecule has 0 fully saturated rings. The van der Waals surface area contributed by atoms with Crippen LogP contribution in [0.2, 0.25) is 0 Å². The highest BCUT2D eigenvalue weighted by Gasteiger charge is 2.19. The molecule has 10 nitrogen and oxygen atoms in total. The van der Waals surface area contributed by atoms with Crippen LogP contribution in [0.4, 0.5) is 17.1 Å². The molecule has 0 saturated carbocycles. The number of carbonyl (C=O) groups excluding carboxylic acids is 2. The molecule has 0 saturated heterocycles. The summed E-state index contributed by atoms with van der Waals surface area (Å²) in [5.74, 6) is 0.148. The Bertz CT molecular complexity index is 964. The van der Waals surface area contributed by atoms with E-state index in [-0.39, 0.29) is 12.1 Å². The molecule has 1 atom stereocenters. The minimum atomic E-state index is -0.983. The predicted molar refractivity (Wildman–Crippen MR) is 112 cm³/mol. The summed E-state index contributed by atoms with van der Waals surface area (Å²) in [7, 11) is 0. The second-order valence-electron chi connectivity index (χ2n) is 6.78. The topological polar surface area (TPSA) is 129 Å². The minimum Gasteiger partial charge on any atom is -0.486 e. The van der Waals surface area contributed by atoms with Crippen molar-refractivity contribution in [1.82, 2.24) is 0 Å². The number of nitro benzene ring substituents is 1. The number of rotatable bonds is 9. The van der Waals surface area contributed by atoms with Crippen LogP contribution in [0.5, 0.6) is 11.5 Å². The van der Waals surface area contributed by atoms with Crippen LogP contribution in [0.15, 0.2) is 42.5 Å². The fourth-order valence-electron chi connectivity index (χ4n) is 2.91. The van der Waals surface area contributed by atoms with Gasteiger partial charge in [-0.1, -0.05) is 12.1 Å². The Kier molecular flexibility index (Phi) is 7.26. The van der Waals surface area contributed by atoms with Crippen LogP contribution in [0.3, 0.4) is 0 Å². The number of ether oxygens (including phenoxy) is 3. The van der Waals surface area contributed by atoms with Gasteiger partial charge in [-0.25, -0.2) is 0 Å². The molecule has 2 N–H and O–H groups in total. The summed E-state index contributed by atoms with van der Waals surface area (Å²) in [6.45, 7) is 2.74. The van der Waals surface area contributed by atoms with Gasteiger partial charge < -0.3 is 24.8 Å². The smallest absolute Gasteiger partial charge is 0.306 e. The highest BCUT2D eigenvalue weighted by atomic mass is 16.6. The zero-order valence-electron chi connectivity index (χ0n) is 17.0. The Labute approximate surface area is 178 Å². The number of nitrogens with one attached hydrogen (secondary N) is 2. The van der Waals surface area contributed by atoms with Crippen molar-refractivity contribution in [3.8, 4) is 11.5 Å². The number of anilines is 2. The van der Waals surface area contributed by atoms with E-state index in [9.17, 15) is 19.7 Å².